The minimum atomic E-state index is 0.606. The average molecular weight is 229 g/mol. The van der Waals surface area contributed by atoms with Crippen LogP contribution in [0.25, 0.3) is 0 Å². The van der Waals surface area contributed by atoms with E-state index in [0.717, 1.165) is 12.0 Å². The van der Waals surface area contributed by atoms with Crippen molar-refractivity contribution in [1.82, 2.24) is 5.32 Å². The van der Waals surface area contributed by atoms with E-state index >= 15 is 0 Å². The van der Waals surface area contributed by atoms with Crippen LogP contribution in [0.5, 0.6) is 0 Å². The van der Waals surface area contributed by atoms with E-state index in [1.807, 2.05) is 0 Å². The molecule has 17 heavy (non-hydrogen) atoms. The fraction of sp³-hybridized carbons (Fsp3) is 0.625. The third kappa shape index (κ3) is 2.40. The summed E-state index contributed by atoms with van der Waals surface area (Å²) in [5.74, 6) is 0.963. The van der Waals surface area contributed by atoms with Crippen molar-refractivity contribution < 1.29 is 0 Å². The van der Waals surface area contributed by atoms with Gasteiger partial charge in [-0.1, -0.05) is 42.7 Å². The Hall–Kier alpha value is -0.820. The van der Waals surface area contributed by atoms with Gasteiger partial charge in [0, 0.05) is 12.1 Å². The Balaban J connectivity index is 1.71. The molecule has 0 aromatic heterocycles. The Morgan fingerprint density at radius 3 is 2.53 bits per heavy atom. The molecule has 1 aliphatic heterocycles. The minimum absolute atomic E-state index is 0.606. The van der Waals surface area contributed by atoms with Gasteiger partial charge in [0.2, 0.25) is 0 Å². The topological polar surface area (TPSA) is 12.0 Å². The zero-order valence-corrected chi connectivity index (χ0v) is 10.8. The Morgan fingerprint density at radius 1 is 0.941 bits per heavy atom. The number of hydrogen-bond donors (Lipinski definition) is 1. The maximum atomic E-state index is 3.89. The van der Waals surface area contributed by atoms with Crippen LogP contribution in [0, 0.1) is 12.8 Å². The van der Waals surface area contributed by atoms with Gasteiger partial charge in [-0.2, -0.15) is 0 Å². The molecule has 1 N–H and O–H groups in total. The molecule has 1 saturated heterocycles. The number of fused-ring (bicyclic) bond motifs is 1. The third-order valence-electron chi connectivity index (χ3n) is 4.63. The Bertz CT molecular complexity index is 368. The predicted molar refractivity (Wildman–Crippen MR) is 72.0 cm³/mol. The number of rotatable bonds is 1. The van der Waals surface area contributed by atoms with Gasteiger partial charge in [0.25, 0.3) is 0 Å². The molecular formula is C16H23N. The molecule has 3 unspecified atom stereocenters. The molecule has 0 amide bonds. The first-order valence-electron chi connectivity index (χ1n) is 7.15. The zero-order chi connectivity index (χ0) is 11.7. The molecule has 1 aliphatic carbocycles. The number of piperidine rings is 1. The predicted octanol–water partition coefficient (Wildman–Crippen LogP) is 3.98. The summed E-state index contributed by atoms with van der Waals surface area (Å²) in [5.41, 5.74) is 2.85. The molecule has 1 heterocycles. The van der Waals surface area contributed by atoms with Crippen LogP contribution >= 0.6 is 0 Å². The monoisotopic (exact) mass is 229 g/mol. The van der Waals surface area contributed by atoms with Gasteiger partial charge >= 0.3 is 0 Å². The lowest BCUT2D eigenvalue weighted by molar-refractivity contribution is 0.177. The summed E-state index contributed by atoms with van der Waals surface area (Å²) < 4.78 is 0. The Kier molecular flexibility index (Phi) is 3.19. The third-order valence-corrected chi connectivity index (χ3v) is 4.63. The summed E-state index contributed by atoms with van der Waals surface area (Å²) in [6, 6.07) is 10.5. The van der Waals surface area contributed by atoms with Crippen molar-refractivity contribution in [2.75, 3.05) is 0 Å². The smallest absolute Gasteiger partial charge is 0.0322 e. The van der Waals surface area contributed by atoms with Gasteiger partial charge in [-0.05, 0) is 44.1 Å². The molecule has 3 rings (SSSR count). The first-order chi connectivity index (χ1) is 8.33. The van der Waals surface area contributed by atoms with E-state index in [-0.39, 0.29) is 0 Å². The van der Waals surface area contributed by atoms with Gasteiger partial charge in [0.05, 0.1) is 0 Å². The lowest BCUT2D eigenvalue weighted by Gasteiger charge is -2.40. The summed E-state index contributed by atoms with van der Waals surface area (Å²) in [7, 11) is 0. The second kappa shape index (κ2) is 4.81. The van der Waals surface area contributed by atoms with Crippen molar-refractivity contribution in [2.24, 2.45) is 5.92 Å². The quantitative estimate of drug-likeness (QED) is 0.768. The lowest BCUT2D eigenvalue weighted by Crippen LogP contribution is -2.44. The van der Waals surface area contributed by atoms with Crippen molar-refractivity contribution in [3.63, 3.8) is 0 Å². The van der Waals surface area contributed by atoms with Crippen LogP contribution in [0.3, 0.4) is 0 Å². The van der Waals surface area contributed by atoms with Crippen LogP contribution in [0.4, 0.5) is 0 Å². The van der Waals surface area contributed by atoms with Gasteiger partial charge in [-0.25, -0.2) is 0 Å². The molecule has 1 saturated carbocycles. The maximum absolute atomic E-state index is 3.89. The molecule has 0 radical (unpaired) electrons. The highest BCUT2D eigenvalue weighted by molar-refractivity contribution is 5.24. The van der Waals surface area contributed by atoms with Crippen LogP contribution in [-0.2, 0) is 0 Å². The van der Waals surface area contributed by atoms with Crippen LogP contribution in [-0.4, -0.2) is 6.04 Å². The maximum Gasteiger partial charge on any atom is 0.0322 e. The van der Waals surface area contributed by atoms with Gasteiger partial charge in [-0.15, -0.1) is 0 Å². The molecule has 92 valence electrons. The van der Waals surface area contributed by atoms with E-state index in [0.29, 0.717) is 6.04 Å². The highest BCUT2D eigenvalue weighted by atomic mass is 15.0. The molecule has 0 spiro atoms. The molecular weight excluding hydrogens is 206 g/mol. The summed E-state index contributed by atoms with van der Waals surface area (Å²) in [4.78, 5) is 0. The first-order valence-corrected chi connectivity index (χ1v) is 7.15. The highest BCUT2D eigenvalue weighted by Crippen LogP contribution is 2.36. The molecule has 1 aromatic carbocycles. The van der Waals surface area contributed by atoms with Crippen molar-refractivity contribution >= 4 is 0 Å². The summed E-state index contributed by atoms with van der Waals surface area (Å²) in [6.07, 6.45) is 8.48. The SMILES string of the molecule is Cc1ccc(C2CCC3CCCCC3N2)cc1. The second-order valence-corrected chi connectivity index (χ2v) is 5.86. The number of nitrogens with one attached hydrogen (secondary N) is 1. The lowest BCUT2D eigenvalue weighted by atomic mass is 9.77. The Morgan fingerprint density at radius 2 is 1.71 bits per heavy atom. The normalized spacial score (nSPS) is 33.1. The molecule has 1 nitrogen and oxygen atoms in total. The van der Waals surface area contributed by atoms with Crippen LogP contribution < -0.4 is 5.32 Å². The van der Waals surface area contributed by atoms with Gasteiger partial charge in [-0.3, -0.25) is 0 Å². The average Bonchev–Trinajstić information content (AvgIpc) is 2.39. The standard InChI is InChI=1S/C16H23N/c1-12-6-8-14(9-7-12)16-11-10-13-4-2-3-5-15(13)17-16/h6-9,13,15-17H,2-5,10-11H2,1H3. The van der Waals surface area contributed by atoms with E-state index in [1.54, 1.807) is 0 Å². The van der Waals surface area contributed by atoms with E-state index in [9.17, 15) is 0 Å². The molecule has 1 aromatic rings. The number of benzene rings is 1. The fourth-order valence-corrected chi connectivity index (χ4v) is 3.56. The second-order valence-electron chi connectivity index (χ2n) is 5.86. The number of aryl methyl sites for hydroxylation is 1. The van der Waals surface area contributed by atoms with E-state index in [2.05, 4.69) is 36.5 Å². The summed E-state index contributed by atoms with van der Waals surface area (Å²) in [5, 5.41) is 3.89. The summed E-state index contributed by atoms with van der Waals surface area (Å²) in [6.45, 7) is 2.16. The van der Waals surface area contributed by atoms with E-state index in [4.69, 9.17) is 0 Å². The summed E-state index contributed by atoms with van der Waals surface area (Å²) >= 11 is 0. The molecule has 0 bridgehead atoms. The van der Waals surface area contributed by atoms with Gasteiger partial charge in [0.15, 0.2) is 0 Å². The molecule has 1 heteroatoms. The molecule has 2 aliphatic rings. The Labute approximate surface area is 105 Å². The van der Waals surface area contributed by atoms with Crippen molar-refractivity contribution in [1.29, 1.82) is 0 Å². The number of hydrogen-bond acceptors (Lipinski definition) is 1. The van der Waals surface area contributed by atoms with Crippen LogP contribution in [0.2, 0.25) is 0 Å². The zero-order valence-electron chi connectivity index (χ0n) is 10.8. The molecule has 3 atom stereocenters. The van der Waals surface area contributed by atoms with Crippen LogP contribution in [0.15, 0.2) is 24.3 Å². The van der Waals surface area contributed by atoms with Crippen LogP contribution in [0.1, 0.15) is 55.7 Å². The van der Waals surface area contributed by atoms with E-state index < -0.39 is 0 Å². The van der Waals surface area contributed by atoms with Gasteiger partial charge < -0.3 is 5.32 Å². The fourth-order valence-electron chi connectivity index (χ4n) is 3.56. The largest absolute Gasteiger partial charge is 0.307 e. The van der Waals surface area contributed by atoms with E-state index in [1.165, 1.54) is 49.7 Å². The first kappa shape index (κ1) is 11.3. The molecule has 2 fully saturated rings. The van der Waals surface area contributed by atoms with Crippen molar-refractivity contribution in [3.05, 3.63) is 35.4 Å². The van der Waals surface area contributed by atoms with Crippen molar-refractivity contribution in [2.45, 2.75) is 57.5 Å². The minimum Gasteiger partial charge on any atom is -0.307 e. The van der Waals surface area contributed by atoms with Gasteiger partial charge in [0.1, 0.15) is 0 Å². The van der Waals surface area contributed by atoms with Crippen molar-refractivity contribution in [3.8, 4) is 0 Å². The highest BCUT2D eigenvalue weighted by Gasteiger charge is 2.31.